The Hall–Kier alpha value is -3.29. The maximum absolute atomic E-state index is 13.8. The van der Waals surface area contributed by atoms with Crippen LogP contribution in [0.1, 0.15) is 37.9 Å². The molecular weight excluding hydrogens is 646 g/mol. The lowest BCUT2D eigenvalue weighted by Gasteiger charge is -2.26. The number of esters is 1. The van der Waals surface area contributed by atoms with Crippen molar-refractivity contribution in [1.29, 1.82) is 0 Å². The van der Waals surface area contributed by atoms with Gasteiger partial charge in [0, 0.05) is 27.7 Å². The van der Waals surface area contributed by atoms with Crippen LogP contribution in [0.4, 0.5) is 5.69 Å². The van der Waals surface area contributed by atoms with Gasteiger partial charge < -0.3 is 14.6 Å². The van der Waals surface area contributed by atoms with Gasteiger partial charge in [-0.3, -0.25) is 19.5 Å². The monoisotopic (exact) mass is 665 g/mol. The summed E-state index contributed by atoms with van der Waals surface area (Å²) in [7, 11) is 1.49. The van der Waals surface area contributed by atoms with E-state index in [0.29, 0.717) is 26.3 Å². The first-order valence-electron chi connectivity index (χ1n) is 11.2. The standard InChI is InChI=1S/C25H21Br2N3O7S/c1-11(2)37-24(33)20-12(3)28-25-29(21(20)16-9-14(26)5-6-18(16)36-4)23(32)19(38-25)8-13-7-15(30(34)35)10-17(27)22(13)31/h5-11,21,31H,1-4H3/b19-8-/t21-/m0/s1. The highest BCUT2D eigenvalue weighted by molar-refractivity contribution is 9.10. The number of phenols is 1. The number of halogens is 2. The van der Waals surface area contributed by atoms with E-state index in [1.54, 1.807) is 39.0 Å². The van der Waals surface area contributed by atoms with Crippen molar-refractivity contribution >= 4 is 60.9 Å². The summed E-state index contributed by atoms with van der Waals surface area (Å²) >= 11 is 7.60. The minimum atomic E-state index is -0.933. The summed E-state index contributed by atoms with van der Waals surface area (Å²) < 4.78 is 13.4. The van der Waals surface area contributed by atoms with Crippen molar-refractivity contribution < 1.29 is 24.3 Å². The van der Waals surface area contributed by atoms with Crippen LogP contribution in [0.25, 0.3) is 6.08 Å². The minimum Gasteiger partial charge on any atom is -0.506 e. The van der Waals surface area contributed by atoms with Crippen molar-refractivity contribution in [3.05, 3.63) is 91.5 Å². The molecule has 0 radical (unpaired) electrons. The number of rotatable bonds is 6. The van der Waals surface area contributed by atoms with Crippen LogP contribution in [0.15, 0.2) is 60.3 Å². The summed E-state index contributed by atoms with van der Waals surface area (Å²) in [6, 6.07) is 6.66. The lowest BCUT2D eigenvalue weighted by molar-refractivity contribution is -0.385. The maximum atomic E-state index is 13.8. The van der Waals surface area contributed by atoms with Gasteiger partial charge in [0.15, 0.2) is 4.80 Å². The number of allylic oxidation sites excluding steroid dienone is 1. The lowest BCUT2D eigenvalue weighted by Crippen LogP contribution is -2.40. The van der Waals surface area contributed by atoms with Crippen molar-refractivity contribution in [2.75, 3.05) is 7.11 Å². The Labute approximate surface area is 237 Å². The van der Waals surface area contributed by atoms with E-state index in [1.165, 1.54) is 29.9 Å². The first-order valence-corrected chi connectivity index (χ1v) is 13.6. The molecule has 198 valence electrons. The number of aromatic hydroxyl groups is 1. The molecule has 0 saturated heterocycles. The van der Waals surface area contributed by atoms with E-state index in [0.717, 1.165) is 11.3 Å². The van der Waals surface area contributed by atoms with E-state index in [4.69, 9.17) is 9.47 Å². The molecule has 2 heterocycles. The van der Waals surface area contributed by atoms with Crippen LogP contribution in [-0.2, 0) is 9.53 Å². The van der Waals surface area contributed by atoms with Crippen molar-refractivity contribution in [2.24, 2.45) is 4.99 Å². The largest absolute Gasteiger partial charge is 0.506 e. The van der Waals surface area contributed by atoms with Gasteiger partial charge in [-0.2, -0.15) is 0 Å². The Balaban J connectivity index is 2.03. The molecule has 1 aliphatic heterocycles. The molecule has 38 heavy (non-hydrogen) atoms. The van der Waals surface area contributed by atoms with E-state index in [1.807, 2.05) is 0 Å². The number of fused-ring (bicyclic) bond motifs is 1. The third-order valence-corrected chi connectivity index (χ3v) is 7.73. The second-order valence-electron chi connectivity index (χ2n) is 8.54. The number of hydrogen-bond donors (Lipinski definition) is 1. The molecular formula is C25H21Br2N3O7S. The van der Waals surface area contributed by atoms with Crippen molar-refractivity contribution in [3.8, 4) is 11.5 Å². The van der Waals surface area contributed by atoms with Crippen molar-refractivity contribution in [1.82, 2.24) is 4.57 Å². The summed E-state index contributed by atoms with van der Waals surface area (Å²) in [4.78, 5) is 42.7. The van der Waals surface area contributed by atoms with Crippen LogP contribution in [-0.4, -0.2) is 33.8 Å². The second-order valence-corrected chi connectivity index (χ2v) is 11.3. The number of benzene rings is 2. The fraction of sp³-hybridized carbons (Fsp3) is 0.240. The zero-order valence-electron chi connectivity index (χ0n) is 20.5. The lowest BCUT2D eigenvalue weighted by atomic mass is 9.95. The zero-order valence-corrected chi connectivity index (χ0v) is 24.5. The average molecular weight is 667 g/mol. The van der Waals surface area contributed by atoms with E-state index in [-0.39, 0.29) is 31.6 Å². The molecule has 13 heteroatoms. The molecule has 1 aromatic heterocycles. The molecule has 1 N–H and O–H groups in total. The van der Waals surface area contributed by atoms with Gasteiger partial charge in [0.25, 0.3) is 11.2 Å². The van der Waals surface area contributed by atoms with Crippen LogP contribution in [0.5, 0.6) is 11.5 Å². The number of non-ortho nitro benzene ring substituents is 1. The quantitative estimate of drug-likeness (QED) is 0.235. The van der Waals surface area contributed by atoms with Gasteiger partial charge >= 0.3 is 5.97 Å². The number of carbonyl (C=O) groups is 1. The summed E-state index contributed by atoms with van der Waals surface area (Å²) in [5.41, 5.74) is 0.375. The van der Waals surface area contributed by atoms with Crippen LogP contribution in [0, 0.1) is 10.1 Å². The smallest absolute Gasteiger partial charge is 0.338 e. The highest BCUT2D eigenvalue weighted by atomic mass is 79.9. The molecule has 1 atom stereocenters. The molecule has 0 spiro atoms. The van der Waals surface area contributed by atoms with E-state index < -0.39 is 28.6 Å². The Kier molecular flexibility index (Phi) is 7.90. The highest BCUT2D eigenvalue weighted by Gasteiger charge is 2.35. The minimum absolute atomic E-state index is 0.0723. The van der Waals surface area contributed by atoms with Crippen LogP contribution in [0.3, 0.4) is 0 Å². The molecule has 0 bridgehead atoms. The van der Waals surface area contributed by atoms with Gasteiger partial charge in [-0.05, 0) is 61.0 Å². The molecule has 1 aliphatic rings. The Morgan fingerprint density at radius 2 is 2.00 bits per heavy atom. The normalized spacial score (nSPS) is 15.3. The van der Waals surface area contributed by atoms with Gasteiger partial charge in [-0.25, -0.2) is 9.79 Å². The Morgan fingerprint density at radius 3 is 2.63 bits per heavy atom. The summed E-state index contributed by atoms with van der Waals surface area (Å²) in [6.45, 7) is 5.11. The number of ether oxygens (including phenoxy) is 2. The maximum Gasteiger partial charge on any atom is 0.338 e. The van der Waals surface area contributed by atoms with E-state index in [2.05, 4.69) is 36.9 Å². The van der Waals surface area contributed by atoms with Gasteiger partial charge in [-0.15, -0.1) is 0 Å². The number of thiazole rings is 1. The second kappa shape index (κ2) is 10.8. The van der Waals surface area contributed by atoms with Crippen molar-refractivity contribution in [2.45, 2.75) is 32.9 Å². The number of nitrogens with zero attached hydrogens (tertiary/aromatic N) is 3. The Bertz CT molecular complexity index is 1690. The molecule has 2 aromatic carbocycles. The predicted octanol–water partition coefficient (Wildman–Crippen LogP) is 4.33. The third kappa shape index (κ3) is 5.18. The molecule has 4 rings (SSSR count). The molecule has 3 aromatic rings. The van der Waals surface area contributed by atoms with E-state index in [9.17, 15) is 24.8 Å². The Morgan fingerprint density at radius 1 is 1.29 bits per heavy atom. The van der Waals surface area contributed by atoms with Crippen molar-refractivity contribution in [3.63, 3.8) is 0 Å². The van der Waals surface area contributed by atoms with Gasteiger partial charge in [0.2, 0.25) is 0 Å². The fourth-order valence-corrected chi connectivity index (χ4v) is 5.92. The number of nitro groups is 1. The first kappa shape index (κ1) is 27.7. The number of methoxy groups -OCH3 is 1. The third-order valence-electron chi connectivity index (χ3n) is 5.65. The SMILES string of the molecule is COc1ccc(Br)cc1[C@H]1C(C(=O)OC(C)C)=C(C)N=c2s/c(=C\c3cc([N+](=O)[O-])cc(Br)c3O)c(=O)n21. The first-order chi connectivity index (χ1) is 17.9. The summed E-state index contributed by atoms with van der Waals surface area (Å²) in [5.74, 6) is -0.440. The number of aromatic nitrogens is 1. The van der Waals surface area contributed by atoms with E-state index >= 15 is 0 Å². The van der Waals surface area contributed by atoms with Gasteiger partial charge in [0.1, 0.15) is 17.5 Å². The molecule has 0 saturated carbocycles. The predicted molar refractivity (Wildman–Crippen MR) is 148 cm³/mol. The highest BCUT2D eigenvalue weighted by Crippen LogP contribution is 2.38. The van der Waals surface area contributed by atoms with Gasteiger partial charge in [0.05, 0.1) is 38.4 Å². The topological polar surface area (TPSA) is 133 Å². The zero-order chi connectivity index (χ0) is 27.9. The summed E-state index contributed by atoms with van der Waals surface area (Å²) in [5, 5.41) is 21.9. The number of nitro benzene ring substituents is 1. The van der Waals surface area contributed by atoms with Crippen LogP contribution < -0.4 is 19.6 Å². The average Bonchev–Trinajstić information content (AvgIpc) is 3.14. The number of carbonyl (C=O) groups excluding carboxylic acids is 1. The summed E-state index contributed by atoms with van der Waals surface area (Å²) in [6.07, 6.45) is 0.949. The van der Waals surface area contributed by atoms with Crippen LogP contribution in [0.2, 0.25) is 0 Å². The molecule has 0 unspecified atom stereocenters. The number of hydrogen-bond acceptors (Lipinski definition) is 9. The fourth-order valence-electron chi connectivity index (χ4n) is 4.04. The molecule has 0 aliphatic carbocycles. The molecule has 0 fully saturated rings. The molecule has 10 nitrogen and oxygen atoms in total. The van der Waals surface area contributed by atoms with Gasteiger partial charge in [-0.1, -0.05) is 27.3 Å². The van der Waals surface area contributed by atoms with Crippen LogP contribution >= 0.6 is 43.2 Å². The molecule has 0 amide bonds. The number of phenolic OH excluding ortho intramolecular Hbond substituents is 1.